The summed E-state index contributed by atoms with van der Waals surface area (Å²) in [5, 5.41) is 0. The Morgan fingerprint density at radius 2 is 2.12 bits per heavy atom. The van der Waals surface area contributed by atoms with Crippen molar-refractivity contribution >= 4 is 23.4 Å². The van der Waals surface area contributed by atoms with Crippen molar-refractivity contribution in [2.45, 2.75) is 19.1 Å². The third kappa shape index (κ3) is 4.57. The van der Waals surface area contributed by atoms with Crippen LogP contribution in [0.1, 0.15) is 22.3 Å². The summed E-state index contributed by atoms with van der Waals surface area (Å²) in [7, 11) is 3.18. The van der Waals surface area contributed by atoms with E-state index in [1.807, 2.05) is 0 Å². The Bertz CT molecular complexity index is 1130. The number of fused-ring (bicyclic) bond motifs is 1. The summed E-state index contributed by atoms with van der Waals surface area (Å²) in [4.78, 5) is 46.0. The van der Waals surface area contributed by atoms with Gasteiger partial charge in [0.2, 0.25) is 11.8 Å². The molecule has 2 aromatic rings. The van der Waals surface area contributed by atoms with Crippen molar-refractivity contribution in [3.63, 3.8) is 0 Å². The van der Waals surface area contributed by atoms with E-state index in [1.54, 1.807) is 32.3 Å². The largest absolute Gasteiger partial charge is 0.479 e. The number of halogens is 1. The molecule has 0 bridgehead atoms. The maximum absolute atomic E-state index is 14.9. The maximum Gasteiger partial charge on any atom is 0.268 e. The molecule has 1 atom stereocenters. The van der Waals surface area contributed by atoms with E-state index in [9.17, 15) is 18.8 Å². The molecule has 0 aliphatic carbocycles. The third-order valence-electron chi connectivity index (χ3n) is 5.68. The lowest BCUT2D eigenvalue weighted by molar-refractivity contribution is -0.129. The number of amides is 3. The van der Waals surface area contributed by atoms with E-state index in [2.05, 4.69) is 11.6 Å². The fourth-order valence-corrected chi connectivity index (χ4v) is 3.84. The van der Waals surface area contributed by atoms with Crippen LogP contribution in [0.15, 0.2) is 43.1 Å². The van der Waals surface area contributed by atoms with Gasteiger partial charge in [0.05, 0.1) is 12.7 Å². The summed E-state index contributed by atoms with van der Waals surface area (Å²) < 4.78 is 26.0. The average Bonchev–Trinajstić information content (AvgIpc) is 3.33. The van der Waals surface area contributed by atoms with Crippen LogP contribution in [0.3, 0.4) is 0 Å². The zero-order valence-electron chi connectivity index (χ0n) is 19.0. The van der Waals surface area contributed by atoms with Crippen LogP contribution in [-0.2, 0) is 16.1 Å². The lowest BCUT2D eigenvalue weighted by atomic mass is 10.1. The molecular weight excluding hydrogens is 443 g/mol. The van der Waals surface area contributed by atoms with Gasteiger partial charge in [-0.3, -0.25) is 14.4 Å². The first-order valence-electron chi connectivity index (χ1n) is 10.8. The zero-order chi connectivity index (χ0) is 24.4. The molecule has 2 aliphatic heterocycles. The summed E-state index contributed by atoms with van der Waals surface area (Å²) >= 11 is 0. The molecule has 178 valence electrons. The van der Waals surface area contributed by atoms with Crippen LogP contribution in [0.4, 0.5) is 10.1 Å². The smallest absolute Gasteiger partial charge is 0.268 e. The SMILES string of the molecule is C=CCOc1ccc(O[C@@H]2CCN(c3cc(F)c4c(c3)C(=O)N(CC(=O)N(C)C)C4)C2=O)cn1. The highest BCUT2D eigenvalue weighted by molar-refractivity contribution is 6.03. The van der Waals surface area contributed by atoms with Gasteiger partial charge >= 0.3 is 0 Å². The molecule has 0 saturated carbocycles. The quantitative estimate of drug-likeness (QED) is 0.551. The number of benzene rings is 1. The average molecular weight is 468 g/mol. The molecule has 2 aliphatic rings. The van der Waals surface area contributed by atoms with Gasteiger partial charge in [0.25, 0.3) is 11.8 Å². The highest BCUT2D eigenvalue weighted by Gasteiger charge is 2.37. The Morgan fingerprint density at radius 1 is 1.32 bits per heavy atom. The molecular formula is C24H25FN4O5. The van der Waals surface area contributed by atoms with Gasteiger partial charge in [-0.15, -0.1) is 0 Å². The zero-order valence-corrected chi connectivity index (χ0v) is 19.0. The number of likely N-dealkylation sites (N-methyl/N-ethyl adjacent to an activating group) is 1. The molecule has 10 heteroatoms. The predicted molar refractivity (Wildman–Crippen MR) is 121 cm³/mol. The minimum Gasteiger partial charge on any atom is -0.479 e. The molecule has 1 fully saturated rings. The van der Waals surface area contributed by atoms with Crippen molar-refractivity contribution in [2.24, 2.45) is 0 Å². The van der Waals surface area contributed by atoms with Crippen molar-refractivity contribution in [2.75, 3.05) is 38.7 Å². The van der Waals surface area contributed by atoms with Gasteiger partial charge in [0.15, 0.2) is 6.10 Å². The minimum absolute atomic E-state index is 0.0129. The number of hydrogen-bond acceptors (Lipinski definition) is 6. The number of ether oxygens (including phenoxy) is 2. The van der Waals surface area contributed by atoms with E-state index in [-0.39, 0.29) is 41.7 Å². The molecule has 9 nitrogen and oxygen atoms in total. The first kappa shape index (κ1) is 23.2. The molecule has 34 heavy (non-hydrogen) atoms. The van der Waals surface area contributed by atoms with E-state index < -0.39 is 17.8 Å². The predicted octanol–water partition coefficient (Wildman–Crippen LogP) is 2.01. The molecule has 3 heterocycles. The van der Waals surface area contributed by atoms with Crippen molar-refractivity contribution in [1.29, 1.82) is 0 Å². The Labute approximate surface area is 196 Å². The number of pyridine rings is 1. The van der Waals surface area contributed by atoms with Gasteiger partial charge in [-0.2, -0.15) is 0 Å². The molecule has 1 saturated heterocycles. The molecule has 0 unspecified atom stereocenters. The van der Waals surface area contributed by atoms with E-state index in [4.69, 9.17) is 9.47 Å². The second kappa shape index (κ2) is 9.50. The number of rotatable bonds is 8. The fraction of sp³-hybridized carbons (Fsp3) is 0.333. The molecule has 3 amide bonds. The molecule has 0 spiro atoms. The van der Waals surface area contributed by atoms with E-state index >= 15 is 0 Å². The highest BCUT2D eigenvalue weighted by atomic mass is 19.1. The van der Waals surface area contributed by atoms with Crippen LogP contribution in [0.5, 0.6) is 11.6 Å². The number of hydrogen-bond donors (Lipinski definition) is 0. The second-order valence-corrected chi connectivity index (χ2v) is 8.22. The summed E-state index contributed by atoms with van der Waals surface area (Å²) in [6.07, 6.45) is 2.70. The lowest BCUT2D eigenvalue weighted by Crippen LogP contribution is -2.36. The van der Waals surface area contributed by atoms with Crippen LogP contribution in [-0.4, -0.2) is 72.4 Å². The summed E-state index contributed by atoms with van der Waals surface area (Å²) in [6.45, 7) is 4.08. The number of carbonyl (C=O) groups excluding carboxylic acids is 3. The summed E-state index contributed by atoms with van der Waals surface area (Å²) in [6, 6.07) is 6.04. The Balaban J connectivity index is 1.46. The Kier molecular flexibility index (Phi) is 6.49. The normalized spacial score (nSPS) is 17.1. The van der Waals surface area contributed by atoms with E-state index in [0.717, 1.165) is 0 Å². The van der Waals surface area contributed by atoms with Gasteiger partial charge < -0.3 is 24.2 Å². The first-order valence-corrected chi connectivity index (χ1v) is 10.8. The Hall–Kier alpha value is -3.95. The summed E-state index contributed by atoms with van der Waals surface area (Å²) in [5.41, 5.74) is 0.676. The number of aromatic nitrogens is 1. The van der Waals surface area contributed by atoms with Crippen LogP contribution in [0.2, 0.25) is 0 Å². The van der Waals surface area contributed by atoms with Crippen molar-refractivity contribution in [3.8, 4) is 11.6 Å². The van der Waals surface area contributed by atoms with Gasteiger partial charge in [-0.1, -0.05) is 12.7 Å². The van der Waals surface area contributed by atoms with Crippen LogP contribution in [0.25, 0.3) is 0 Å². The van der Waals surface area contributed by atoms with Gasteiger partial charge in [0.1, 0.15) is 24.7 Å². The highest BCUT2D eigenvalue weighted by Crippen LogP contribution is 2.32. The third-order valence-corrected chi connectivity index (χ3v) is 5.68. The first-order chi connectivity index (χ1) is 16.3. The van der Waals surface area contributed by atoms with Crippen LogP contribution >= 0.6 is 0 Å². The second-order valence-electron chi connectivity index (χ2n) is 8.22. The molecule has 1 aromatic heterocycles. The van der Waals surface area contributed by atoms with Crippen LogP contribution in [0, 0.1) is 5.82 Å². The monoisotopic (exact) mass is 468 g/mol. The van der Waals surface area contributed by atoms with Gasteiger partial charge in [-0.25, -0.2) is 9.37 Å². The van der Waals surface area contributed by atoms with E-state index in [0.29, 0.717) is 31.2 Å². The van der Waals surface area contributed by atoms with Crippen molar-refractivity contribution < 1.29 is 28.2 Å². The molecule has 1 aromatic carbocycles. The molecule has 0 N–H and O–H groups in total. The maximum atomic E-state index is 14.9. The van der Waals surface area contributed by atoms with Gasteiger partial charge in [0, 0.05) is 49.9 Å². The van der Waals surface area contributed by atoms with Crippen molar-refractivity contribution in [1.82, 2.24) is 14.8 Å². The minimum atomic E-state index is -0.761. The molecule has 0 radical (unpaired) electrons. The number of carbonyl (C=O) groups is 3. The topological polar surface area (TPSA) is 92.3 Å². The van der Waals surface area contributed by atoms with Crippen molar-refractivity contribution in [3.05, 3.63) is 60.1 Å². The van der Waals surface area contributed by atoms with Gasteiger partial charge in [-0.05, 0) is 18.2 Å². The number of nitrogens with zero attached hydrogens (tertiary/aromatic N) is 4. The Morgan fingerprint density at radius 3 is 2.79 bits per heavy atom. The number of anilines is 1. The lowest BCUT2D eigenvalue weighted by Gasteiger charge is -2.18. The fourth-order valence-electron chi connectivity index (χ4n) is 3.84. The standard InChI is InChI=1S/C24H25FN4O5/c1-4-9-33-21-6-5-16(12-26-21)34-20-7-8-29(24(20)32)15-10-17-18(19(25)11-15)13-28(23(17)31)14-22(30)27(2)3/h4-6,10-12,20H,1,7-9,13-14H2,2-3H3/t20-/m1/s1. The van der Waals surface area contributed by atoms with E-state index in [1.165, 1.54) is 33.0 Å². The molecule has 4 rings (SSSR count). The summed E-state index contributed by atoms with van der Waals surface area (Å²) in [5.74, 6) is -0.802. The van der Waals surface area contributed by atoms with Crippen LogP contribution < -0.4 is 14.4 Å².